The van der Waals surface area contributed by atoms with E-state index in [1.54, 1.807) is 40.5 Å². The van der Waals surface area contributed by atoms with Crippen molar-refractivity contribution in [2.45, 2.75) is 19.1 Å². The third-order valence-electron chi connectivity index (χ3n) is 4.45. The van der Waals surface area contributed by atoms with Crippen molar-refractivity contribution in [1.82, 2.24) is 10.6 Å². The van der Waals surface area contributed by atoms with Crippen LogP contribution in [0, 0.1) is 0 Å². The van der Waals surface area contributed by atoms with Gasteiger partial charge in [-0.15, -0.1) is 24.0 Å². The lowest BCUT2D eigenvalue weighted by Crippen LogP contribution is -2.37. The van der Waals surface area contributed by atoms with Crippen LogP contribution in [0.3, 0.4) is 0 Å². The van der Waals surface area contributed by atoms with Crippen molar-refractivity contribution in [3.8, 4) is 17.2 Å². The molecule has 172 valence electrons. The number of hydrogen-bond donors (Lipinski definition) is 2. The number of ether oxygens (including phenoxy) is 3. The molecule has 0 saturated heterocycles. The summed E-state index contributed by atoms with van der Waals surface area (Å²) in [6, 6.07) is 8.59. The molecular weight excluding hydrogens is 526 g/mol. The van der Waals surface area contributed by atoms with Gasteiger partial charge in [0.15, 0.2) is 5.96 Å². The Hall–Kier alpha value is -2.37. The third kappa shape index (κ3) is 7.67. The first-order valence-electron chi connectivity index (χ1n) is 9.22. The van der Waals surface area contributed by atoms with Gasteiger partial charge in [0.25, 0.3) is 0 Å². The number of guanidine groups is 1. The molecule has 2 N–H and O–H groups in total. The van der Waals surface area contributed by atoms with E-state index in [-0.39, 0.29) is 24.0 Å². The van der Waals surface area contributed by atoms with Crippen molar-refractivity contribution in [2.75, 3.05) is 34.9 Å². The Morgan fingerprint density at radius 3 is 1.97 bits per heavy atom. The maximum Gasteiger partial charge on any atom is 0.416 e. The molecule has 0 bridgehead atoms. The molecule has 0 aliphatic carbocycles. The molecule has 2 rings (SSSR count). The Labute approximate surface area is 197 Å². The average molecular weight is 553 g/mol. The molecule has 0 atom stereocenters. The number of nitrogens with one attached hydrogen (secondary N) is 2. The van der Waals surface area contributed by atoms with Crippen LogP contribution in [0.1, 0.15) is 16.7 Å². The molecule has 0 unspecified atom stereocenters. The minimum Gasteiger partial charge on any atom is -0.496 e. The number of hydrogen-bond acceptors (Lipinski definition) is 4. The van der Waals surface area contributed by atoms with Gasteiger partial charge in [-0.25, -0.2) is 0 Å². The Balaban J connectivity index is 0.00000480. The summed E-state index contributed by atoms with van der Waals surface area (Å²) in [6.07, 6.45) is -3.75. The Kier molecular flexibility index (Phi) is 10.7. The van der Waals surface area contributed by atoms with Gasteiger partial charge in [-0.2, -0.15) is 13.2 Å². The van der Waals surface area contributed by atoms with Crippen molar-refractivity contribution < 1.29 is 27.4 Å². The highest BCUT2D eigenvalue weighted by atomic mass is 127. The molecule has 2 aromatic carbocycles. The standard InChI is InChI=1S/C21H26F3N3O3.HI/c1-25-20(27-13-14-5-7-15(8-6-14)21(22,23)24)26-10-9-17-18(29-3)11-16(28-2)12-19(17)30-4;/h5-8,11-12H,9-10,13H2,1-4H3,(H2,25,26,27);1H. The largest absolute Gasteiger partial charge is 0.496 e. The zero-order valence-electron chi connectivity index (χ0n) is 17.8. The monoisotopic (exact) mass is 553 g/mol. The molecule has 6 nitrogen and oxygen atoms in total. The summed E-state index contributed by atoms with van der Waals surface area (Å²) in [7, 11) is 6.35. The first-order valence-corrected chi connectivity index (χ1v) is 9.22. The molecule has 0 aromatic heterocycles. The second kappa shape index (κ2) is 12.5. The predicted molar refractivity (Wildman–Crippen MR) is 125 cm³/mol. The van der Waals surface area contributed by atoms with E-state index >= 15 is 0 Å². The fourth-order valence-electron chi connectivity index (χ4n) is 2.85. The van der Waals surface area contributed by atoms with E-state index in [1.807, 2.05) is 0 Å². The van der Waals surface area contributed by atoms with Gasteiger partial charge in [-0.1, -0.05) is 12.1 Å². The normalized spacial score (nSPS) is 11.4. The van der Waals surface area contributed by atoms with Crippen LogP contribution in [0.15, 0.2) is 41.4 Å². The van der Waals surface area contributed by atoms with E-state index in [1.165, 1.54) is 12.1 Å². The lowest BCUT2D eigenvalue weighted by molar-refractivity contribution is -0.137. The summed E-state index contributed by atoms with van der Waals surface area (Å²) in [5.41, 5.74) is 0.923. The topological polar surface area (TPSA) is 64.1 Å². The van der Waals surface area contributed by atoms with E-state index in [4.69, 9.17) is 14.2 Å². The van der Waals surface area contributed by atoms with Gasteiger partial charge in [-0.3, -0.25) is 4.99 Å². The molecule has 0 amide bonds. The highest BCUT2D eigenvalue weighted by Crippen LogP contribution is 2.34. The lowest BCUT2D eigenvalue weighted by atomic mass is 10.1. The van der Waals surface area contributed by atoms with Crippen molar-refractivity contribution >= 4 is 29.9 Å². The van der Waals surface area contributed by atoms with E-state index < -0.39 is 11.7 Å². The summed E-state index contributed by atoms with van der Waals surface area (Å²) >= 11 is 0. The number of aliphatic imine (C=N–C) groups is 1. The number of alkyl halides is 3. The van der Waals surface area contributed by atoms with Crippen LogP contribution in [0.4, 0.5) is 13.2 Å². The van der Waals surface area contributed by atoms with Crippen LogP contribution < -0.4 is 24.8 Å². The zero-order valence-corrected chi connectivity index (χ0v) is 20.1. The van der Waals surface area contributed by atoms with Gasteiger partial charge in [0.2, 0.25) is 0 Å². The highest BCUT2D eigenvalue weighted by Gasteiger charge is 2.29. The van der Waals surface area contributed by atoms with Crippen molar-refractivity contribution in [2.24, 2.45) is 4.99 Å². The van der Waals surface area contributed by atoms with Gasteiger partial charge in [0, 0.05) is 37.8 Å². The van der Waals surface area contributed by atoms with E-state index in [9.17, 15) is 13.2 Å². The van der Waals surface area contributed by atoms with Crippen LogP contribution in [0.2, 0.25) is 0 Å². The Bertz CT molecular complexity index is 834. The van der Waals surface area contributed by atoms with Gasteiger partial charge in [0.1, 0.15) is 17.2 Å². The number of nitrogens with zero attached hydrogens (tertiary/aromatic N) is 1. The number of methoxy groups -OCH3 is 3. The molecule has 2 aromatic rings. The molecule has 0 heterocycles. The number of halogens is 4. The van der Waals surface area contributed by atoms with Crippen LogP contribution >= 0.6 is 24.0 Å². The van der Waals surface area contributed by atoms with Crippen molar-refractivity contribution in [3.05, 3.63) is 53.1 Å². The minimum absolute atomic E-state index is 0. The first kappa shape index (κ1) is 26.7. The second-order valence-electron chi connectivity index (χ2n) is 6.31. The second-order valence-corrected chi connectivity index (χ2v) is 6.31. The van der Waals surface area contributed by atoms with Gasteiger partial charge in [0.05, 0.1) is 26.9 Å². The molecule has 0 fully saturated rings. The fraction of sp³-hybridized carbons (Fsp3) is 0.381. The van der Waals surface area contributed by atoms with Gasteiger partial charge in [-0.05, 0) is 24.1 Å². The maximum absolute atomic E-state index is 12.6. The predicted octanol–water partition coefficient (Wildman–Crippen LogP) is 4.26. The summed E-state index contributed by atoms with van der Waals surface area (Å²) < 4.78 is 54.1. The van der Waals surface area contributed by atoms with Crippen LogP contribution in [-0.2, 0) is 19.1 Å². The third-order valence-corrected chi connectivity index (χ3v) is 4.45. The molecule has 0 spiro atoms. The highest BCUT2D eigenvalue weighted by molar-refractivity contribution is 14.0. The smallest absolute Gasteiger partial charge is 0.416 e. The lowest BCUT2D eigenvalue weighted by Gasteiger charge is -2.16. The summed E-state index contributed by atoms with van der Waals surface area (Å²) in [5.74, 6) is 2.47. The average Bonchev–Trinajstić information content (AvgIpc) is 2.75. The summed E-state index contributed by atoms with van der Waals surface area (Å²) in [5, 5.41) is 6.25. The van der Waals surface area contributed by atoms with Gasteiger partial charge < -0.3 is 24.8 Å². The molecule has 31 heavy (non-hydrogen) atoms. The van der Waals surface area contributed by atoms with Crippen LogP contribution in [0.25, 0.3) is 0 Å². The number of rotatable bonds is 8. The SMILES string of the molecule is CN=C(NCCc1c(OC)cc(OC)cc1OC)NCc1ccc(C(F)(F)F)cc1.I. The quantitative estimate of drug-likeness (QED) is 0.291. The summed E-state index contributed by atoms with van der Waals surface area (Å²) in [4.78, 5) is 4.14. The summed E-state index contributed by atoms with van der Waals surface area (Å²) in [6.45, 7) is 0.874. The maximum atomic E-state index is 12.6. The molecule has 0 aliphatic rings. The van der Waals surface area contributed by atoms with Crippen LogP contribution in [-0.4, -0.2) is 40.9 Å². The fourth-order valence-corrected chi connectivity index (χ4v) is 2.85. The molecule has 10 heteroatoms. The zero-order chi connectivity index (χ0) is 22.1. The van der Waals surface area contributed by atoms with Gasteiger partial charge >= 0.3 is 6.18 Å². The molecule has 0 saturated carbocycles. The van der Waals surface area contributed by atoms with Crippen molar-refractivity contribution in [3.63, 3.8) is 0 Å². The van der Waals surface area contributed by atoms with Crippen LogP contribution in [0.5, 0.6) is 17.2 Å². The van der Waals surface area contributed by atoms with E-state index in [0.717, 1.165) is 17.7 Å². The molecule has 0 aliphatic heterocycles. The number of benzene rings is 2. The molecule has 0 radical (unpaired) electrons. The van der Waals surface area contributed by atoms with E-state index in [2.05, 4.69) is 15.6 Å². The minimum atomic E-state index is -4.34. The van der Waals surface area contributed by atoms with Crippen molar-refractivity contribution in [1.29, 1.82) is 0 Å². The first-order chi connectivity index (χ1) is 14.3. The van der Waals surface area contributed by atoms with E-state index in [0.29, 0.717) is 48.3 Å². The molecular formula is C21H27F3IN3O3. The Morgan fingerprint density at radius 2 is 1.52 bits per heavy atom. The Morgan fingerprint density at radius 1 is 0.935 bits per heavy atom.